The molecule has 0 aliphatic carbocycles. The molecule has 0 atom stereocenters. The number of nitrogens with zero attached hydrogens (tertiary/aromatic N) is 2. The molecule has 0 saturated carbocycles. The topological polar surface area (TPSA) is 114 Å². The molecule has 18 heteroatoms. The molecule has 200 valence electrons. The molecule has 0 spiro atoms. The van der Waals surface area contributed by atoms with Crippen LogP contribution in [0.5, 0.6) is 0 Å². The van der Waals surface area contributed by atoms with Crippen molar-refractivity contribution in [3.05, 3.63) is 34.2 Å². The minimum atomic E-state index is -6.72. The summed E-state index contributed by atoms with van der Waals surface area (Å²) in [6, 6.07) is 7.12. The van der Waals surface area contributed by atoms with Crippen LogP contribution in [0.25, 0.3) is 4.13 Å². The van der Waals surface area contributed by atoms with E-state index in [1.54, 1.807) is 21.3 Å². The third kappa shape index (κ3) is 9.74. The van der Waals surface area contributed by atoms with Gasteiger partial charge in [-0.3, -0.25) is 0 Å². The fourth-order valence-electron chi connectivity index (χ4n) is 2.34. The molecule has 0 radical (unpaired) electrons. The van der Waals surface area contributed by atoms with Crippen molar-refractivity contribution in [2.24, 2.45) is 0 Å². The molecule has 0 aliphatic rings. The Morgan fingerprint density at radius 3 is 1.76 bits per heavy atom. The largest absolute Gasteiger partial charge is 0.506 e. The summed E-state index contributed by atoms with van der Waals surface area (Å²) in [5.74, 6) is 0. The number of alkyl halides is 6. The summed E-state index contributed by atoms with van der Waals surface area (Å²) >= 11 is 0. The fourth-order valence-corrected chi connectivity index (χ4v) is 5.68. The van der Waals surface area contributed by atoms with Crippen molar-refractivity contribution in [1.29, 1.82) is 0 Å². The van der Waals surface area contributed by atoms with E-state index in [-0.39, 0.29) is 0 Å². The zero-order chi connectivity index (χ0) is 26.8. The first kappa shape index (κ1) is 32.7. The Labute approximate surface area is 195 Å². The summed E-state index contributed by atoms with van der Waals surface area (Å²) < 4.78 is 128. The van der Waals surface area contributed by atoms with Gasteiger partial charge in [0.2, 0.25) is 0 Å². The van der Waals surface area contributed by atoms with E-state index in [1.165, 1.54) is 18.5 Å². The Hall–Kier alpha value is -1.31. The number of hydrogen-bond acceptors (Lipinski definition) is 7. The molecule has 0 saturated heterocycles. The Kier molecular flexibility index (Phi) is 12.6. The lowest BCUT2D eigenvalue weighted by atomic mass is 10.2. The van der Waals surface area contributed by atoms with E-state index in [4.69, 9.17) is 13.3 Å². The van der Waals surface area contributed by atoms with Gasteiger partial charge in [-0.15, -0.1) is 0 Å². The highest BCUT2D eigenvalue weighted by atomic mass is 32.3. The van der Waals surface area contributed by atoms with Crippen molar-refractivity contribution in [3.63, 3.8) is 0 Å². The number of halogens is 6. The monoisotopic (exact) mass is 564 g/mol. The normalized spacial score (nSPS) is 13.4. The Bertz CT molecular complexity index is 919. The summed E-state index contributed by atoms with van der Waals surface area (Å²) in [5, 5.41) is 0. The SMILES string of the molecule is CCCCc1cccc[n+]1CC[Si](OC)(OC)OC.O=S(=O)([N-]S(=O)(=O)C(F)(F)F)C(F)(F)F. The van der Waals surface area contributed by atoms with Crippen molar-refractivity contribution >= 4 is 28.9 Å². The van der Waals surface area contributed by atoms with E-state index in [2.05, 4.69) is 35.9 Å². The van der Waals surface area contributed by atoms with Crippen molar-refractivity contribution in [2.45, 2.75) is 49.8 Å². The number of rotatable bonds is 11. The van der Waals surface area contributed by atoms with E-state index in [0.717, 1.165) is 23.1 Å². The quantitative estimate of drug-likeness (QED) is 0.230. The number of unbranched alkanes of at least 4 members (excludes halogenated alkanes) is 1. The van der Waals surface area contributed by atoms with Gasteiger partial charge in [0, 0.05) is 39.9 Å². The molecule has 0 unspecified atom stereocenters. The zero-order valence-electron chi connectivity index (χ0n) is 18.7. The van der Waals surface area contributed by atoms with E-state index < -0.39 is 39.9 Å². The van der Waals surface area contributed by atoms with Crippen LogP contribution >= 0.6 is 0 Å². The van der Waals surface area contributed by atoms with Crippen LogP contribution in [0, 0.1) is 0 Å². The van der Waals surface area contributed by atoms with E-state index in [1.807, 2.05) is 0 Å². The maximum absolute atomic E-state index is 11.4. The standard InChI is InChI=1S/C14H26NO3Si.C2F6NO4S2/c1-5-6-9-14-10-7-8-11-15(14)12-13-19(16-2,17-3)18-4;3-1(4,5)14(10,11)9-15(12,13)2(6,7)8/h7-8,10-11H,5-6,9,12-13H2,1-4H3;/q+1;-1. The lowest BCUT2D eigenvalue weighted by molar-refractivity contribution is -0.701. The molecular weight excluding hydrogens is 538 g/mol. The van der Waals surface area contributed by atoms with Crippen LogP contribution in [0.4, 0.5) is 26.3 Å². The molecule has 1 rings (SSSR count). The number of sulfonamides is 2. The van der Waals surface area contributed by atoms with Crippen molar-refractivity contribution in [2.75, 3.05) is 21.3 Å². The van der Waals surface area contributed by atoms with Gasteiger partial charge >= 0.3 is 19.8 Å². The van der Waals surface area contributed by atoms with Gasteiger partial charge in [-0.05, 0) is 6.42 Å². The highest BCUT2D eigenvalue weighted by Gasteiger charge is 2.47. The van der Waals surface area contributed by atoms with Crippen molar-refractivity contribution in [1.82, 2.24) is 0 Å². The Morgan fingerprint density at radius 2 is 1.38 bits per heavy atom. The first-order valence-electron chi connectivity index (χ1n) is 9.41. The number of aromatic nitrogens is 1. The van der Waals surface area contributed by atoms with Crippen LogP contribution in [0.3, 0.4) is 0 Å². The number of hydrogen-bond donors (Lipinski definition) is 0. The molecule has 1 aromatic heterocycles. The number of pyridine rings is 1. The second-order valence-electron chi connectivity index (χ2n) is 6.45. The molecular formula is C16H26F6N2O7S2Si. The minimum Gasteiger partial charge on any atom is -0.421 e. The molecule has 0 aliphatic heterocycles. The molecule has 1 aromatic rings. The van der Waals surface area contributed by atoms with Gasteiger partial charge in [0.05, 0.1) is 6.04 Å². The summed E-state index contributed by atoms with van der Waals surface area (Å²) in [6.07, 6.45) is 5.65. The second kappa shape index (κ2) is 13.1. The summed E-state index contributed by atoms with van der Waals surface area (Å²) in [7, 11) is -10.9. The predicted molar refractivity (Wildman–Crippen MR) is 110 cm³/mol. The smallest absolute Gasteiger partial charge is 0.421 e. The average Bonchev–Trinajstić information content (AvgIpc) is 2.72. The summed E-state index contributed by atoms with van der Waals surface area (Å²) in [6.45, 7) is 3.08. The van der Waals surface area contributed by atoms with Crippen molar-refractivity contribution < 1.29 is 61.0 Å². The van der Waals surface area contributed by atoms with E-state index >= 15 is 0 Å². The summed E-state index contributed by atoms with van der Waals surface area (Å²) in [5.41, 5.74) is -11.0. The van der Waals surface area contributed by atoms with E-state index in [9.17, 15) is 43.2 Å². The van der Waals surface area contributed by atoms with Crippen LogP contribution < -0.4 is 4.57 Å². The van der Waals surface area contributed by atoms with Crippen LogP contribution in [-0.2, 0) is 46.3 Å². The van der Waals surface area contributed by atoms with Crippen LogP contribution in [0.1, 0.15) is 25.5 Å². The van der Waals surface area contributed by atoms with Crippen LogP contribution in [0.2, 0.25) is 6.04 Å². The maximum atomic E-state index is 11.4. The molecule has 34 heavy (non-hydrogen) atoms. The van der Waals surface area contributed by atoms with Gasteiger partial charge < -0.3 is 17.4 Å². The third-order valence-electron chi connectivity index (χ3n) is 4.19. The van der Waals surface area contributed by atoms with Crippen LogP contribution in [-0.4, -0.2) is 58.0 Å². The van der Waals surface area contributed by atoms with Gasteiger partial charge in [0.1, 0.15) is 0 Å². The minimum absolute atomic E-state index is 0.778. The summed E-state index contributed by atoms with van der Waals surface area (Å²) in [4.78, 5) is 0. The van der Waals surface area contributed by atoms with Gasteiger partial charge in [-0.2, -0.15) is 26.3 Å². The zero-order valence-corrected chi connectivity index (χ0v) is 21.3. The van der Waals surface area contributed by atoms with Crippen molar-refractivity contribution in [3.8, 4) is 0 Å². The molecule has 0 amide bonds. The third-order valence-corrected chi connectivity index (χ3v) is 9.64. The van der Waals surface area contributed by atoms with E-state index in [0.29, 0.717) is 0 Å². The van der Waals surface area contributed by atoms with Gasteiger partial charge in [0.15, 0.2) is 38.5 Å². The highest BCUT2D eigenvalue weighted by molar-refractivity contribution is 8.13. The lowest BCUT2D eigenvalue weighted by Crippen LogP contribution is -2.48. The number of aryl methyl sites for hydroxylation is 2. The van der Waals surface area contributed by atoms with Gasteiger partial charge in [0.25, 0.3) is 0 Å². The maximum Gasteiger partial charge on any atom is 0.506 e. The molecule has 9 nitrogen and oxygen atoms in total. The Morgan fingerprint density at radius 1 is 0.912 bits per heavy atom. The first-order chi connectivity index (χ1) is 15.4. The molecule has 0 N–H and O–H groups in total. The molecule has 0 aromatic carbocycles. The Balaban J connectivity index is 0.000000661. The molecule has 0 bridgehead atoms. The van der Waals surface area contributed by atoms with Gasteiger partial charge in [-0.25, -0.2) is 21.4 Å². The molecule has 1 heterocycles. The second-order valence-corrected chi connectivity index (χ2v) is 13.0. The average molecular weight is 565 g/mol. The fraction of sp³-hybridized carbons (Fsp3) is 0.688. The van der Waals surface area contributed by atoms with Gasteiger partial charge in [-0.1, -0.05) is 19.4 Å². The first-order valence-corrected chi connectivity index (χ1v) is 14.2. The molecule has 0 fully saturated rings. The lowest BCUT2D eigenvalue weighted by Gasteiger charge is -2.23. The predicted octanol–water partition coefficient (Wildman–Crippen LogP) is 3.25. The highest BCUT2D eigenvalue weighted by Crippen LogP contribution is 2.36. The van der Waals surface area contributed by atoms with Crippen LogP contribution in [0.15, 0.2) is 24.4 Å².